The molecule has 1 saturated heterocycles. The molecule has 1 nitrogen and oxygen atoms in total. The third-order valence-electron chi connectivity index (χ3n) is 2.13. The SMILES string of the molecule is CCSN1CC(C(C)C)C1. The second kappa shape index (κ2) is 3.63. The molecule has 0 radical (unpaired) electrons. The Labute approximate surface area is 68.3 Å². The van der Waals surface area contributed by atoms with Crippen LogP contribution < -0.4 is 0 Å². The van der Waals surface area contributed by atoms with E-state index in [0.29, 0.717) is 0 Å². The van der Waals surface area contributed by atoms with Crippen LogP contribution in [-0.2, 0) is 0 Å². The zero-order valence-corrected chi connectivity index (χ0v) is 7.95. The van der Waals surface area contributed by atoms with Gasteiger partial charge in [-0.15, -0.1) is 0 Å². The van der Waals surface area contributed by atoms with Crippen molar-refractivity contribution in [3.8, 4) is 0 Å². The summed E-state index contributed by atoms with van der Waals surface area (Å²) < 4.78 is 2.46. The predicted molar refractivity (Wildman–Crippen MR) is 48.0 cm³/mol. The smallest absolute Gasteiger partial charge is 0.0133 e. The van der Waals surface area contributed by atoms with Crippen molar-refractivity contribution in [1.82, 2.24) is 4.31 Å². The highest BCUT2D eigenvalue weighted by atomic mass is 32.2. The number of hydrogen-bond donors (Lipinski definition) is 0. The van der Waals surface area contributed by atoms with Crippen LogP contribution in [0.5, 0.6) is 0 Å². The monoisotopic (exact) mass is 159 g/mol. The molecule has 1 aliphatic heterocycles. The Hall–Kier alpha value is 0.310. The molecule has 0 atom stereocenters. The molecule has 0 spiro atoms. The lowest BCUT2D eigenvalue weighted by Gasteiger charge is -2.40. The second-order valence-electron chi connectivity index (χ2n) is 3.27. The summed E-state index contributed by atoms with van der Waals surface area (Å²) in [5.41, 5.74) is 0. The van der Waals surface area contributed by atoms with Crippen molar-refractivity contribution in [2.24, 2.45) is 11.8 Å². The summed E-state index contributed by atoms with van der Waals surface area (Å²) in [6.07, 6.45) is 0. The first-order chi connectivity index (χ1) is 4.74. The molecule has 60 valence electrons. The molecular weight excluding hydrogens is 142 g/mol. The fraction of sp³-hybridized carbons (Fsp3) is 1.00. The lowest BCUT2D eigenvalue weighted by molar-refractivity contribution is 0.166. The first kappa shape index (κ1) is 8.41. The van der Waals surface area contributed by atoms with E-state index < -0.39 is 0 Å². The highest BCUT2D eigenvalue weighted by molar-refractivity contribution is 7.97. The Kier molecular flexibility index (Phi) is 3.05. The Morgan fingerprint density at radius 3 is 2.50 bits per heavy atom. The van der Waals surface area contributed by atoms with Gasteiger partial charge in [0.2, 0.25) is 0 Å². The predicted octanol–water partition coefficient (Wildman–Crippen LogP) is 2.24. The summed E-state index contributed by atoms with van der Waals surface area (Å²) in [6, 6.07) is 0. The summed E-state index contributed by atoms with van der Waals surface area (Å²) >= 11 is 1.97. The fourth-order valence-corrected chi connectivity index (χ4v) is 2.14. The van der Waals surface area contributed by atoms with Gasteiger partial charge in [-0.1, -0.05) is 32.7 Å². The minimum atomic E-state index is 0.883. The zero-order chi connectivity index (χ0) is 7.56. The lowest BCUT2D eigenvalue weighted by Crippen LogP contribution is -2.44. The summed E-state index contributed by atoms with van der Waals surface area (Å²) in [4.78, 5) is 0. The molecule has 0 N–H and O–H groups in total. The fourth-order valence-electron chi connectivity index (χ4n) is 1.18. The Morgan fingerprint density at radius 2 is 2.10 bits per heavy atom. The van der Waals surface area contributed by atoms with Gasteiger partial charge in [-0.05, 0) is 11.8 Å². The van der Waals surface area contributed by atoms with Crippen LogP contribution in [0, 0.1) is 11.8 Å². The highest BCUT2D eigenvalue weighted by Crippen LogP contribution is 2.28. The van der Waals surface area contributed by atoms with Crippen molar-refractivity contribution < 1.29 is 0 Å². The highest BCUT2D eigenvalue weighted by Gasteiger charge is 2.28. The van der Waals surface area contributed by atoms with Crippen molar-refractivity contribution in [3.05, 3.63) is 0 Å². The molecular formula is C8H17NS. The van der Waals surface area contributed by atoms with Crippen molar-refractivity contribution in [3.63, 3.8) is 0 Å². The first-order valence-corrected chi connectivity index (χ1v) is 5.06. The molecule has 1 fully saturated rings. The molecule has 1 aliphatic rings. The molecule has 0 aromatic heterocycles. The zero-order valence-electron chi connectivity index (χ0n) is 7.13. The van der Waals surface area contributed by atoms with Gasteiger partial charge in [0, 0.05) is 18.8 Å². The van der Waals surface area contributed by atoms with Crippen molar-refractivity contribution in [1.29, 1.82) is 0 Å². The molecule has 0 saturated carbocycles. The average molecular weight is 159 g/mol. The van der Waals surface area contributed by atoms with Gasteiger partial charge in [0.25, 0.3) is 0 Å². The van der Waals surface area contributed by atoms with Crippen LogP contribution in [0.1, 0.15) is 20.8 Å². The van der Waals surface area contributed by atoms with E-state index in [-0.39, 0.29) is 0 Å². The minimum Gasteiger partial charge on any atom is -0.250 e. The van der Waals surface area contributed by atoms with E-state index in [1.807, 2.05) is 11.9 Å². The molecule has 0 unspecified atom stereocenters. The minimum absolute atomic E-state index is 0.883. The topological polar surface area (TPSA) is 3.24 Å². The molecule has 1 rings (SSSR count). The lowest BCUT2D eigenvalue weighted by atomic mass is 9.91. The van der Waals surface area contributed by atoms with Crippen LogP contribution in [0.3, 0.4) is 0 Å². The molecule has 0 amide bonds. The maximum atomic E-state index is 2.46. The Bertz CT molecular complexity index is 97.4. The van der Waals surface area contributed by atoms with Gasteiger partial charge in [0.1, 0.15) is 0 Å². The molecule has 0 aromatic rings. The van der Waals surface area contributed by atoms with Gasteiger partial charge in [0.05, 0.1) is 0 Å². The van der Waals surface area contributed by atoms with E-state index >= 15 is 0 Å². The average Bonchev–Trinajstić information content (AvgIpc) is 1.76. The number of nitrogens with zero attached hydrogens (tertiary/aromatic N) is 1. The standard InChI is InChI=1S/C8H17NS/c1-4-10-9-5-8(6-9)7(2)3/h7-8H,4-6H2,1-3H3. The number of rotatable bonds is 3. The Morgan fingerprint density at radius 1 is 1.50 bits per heavy atom. The van der Waals surface area contributed by atoms with Gasteiger partial charge in [-0.25, -0.2) is 4.31 Å². The molecule has 0 aliphatic carbocycles. The summed E-state index contributed by atoms with van der Waals surface area (Å²) in [7, 11) is 0. The maximum Gasteiger partial charge on any atom is 0.0133 e. The van der Waals surface area contributed by atoms with Gasteiger partial charge < -0.3 is 0 Å². The van der Waals surface area contributed by atoms with E-state index in [2.05, 4.69) is 25.1 Å². The second-order valence-corrected chi connectivity index (χ2v) is 4.62. The van der Waals surface area contributed by atoms with E-state index in [9.17, 15) is 0 Å². The first-order valence-electron chi connectivity index (χ1n) is 4.12. The third kappa shape index (κ3) is 1.89. The maximum absolute atomic E-state index is 2.46. The summed E-state index contributed by atoms with van der Waals surface area (Å²) in [5, 5.41) is 0. The van der Waals surface area contributed by atoms with E-state index in [4.69, 9.17) is 0 Å². The quantitative estimate of drug-likeness (QED) is 0.581. The third-order valence-corrected chi connectivity index (χ3v) is 3.05. The van der Waals surface area contributed by atoms with Crippen molar-refractivity contribution in [2.45, 2.75) is 20.8 Å². The van der Waals surface area contributed by atoms with E-state index in [0.717, 1.165) is 11.8 Å². The molecule has 1 heterocycles. The van der Waals surface area contributed by atoms with E-state index in [1.165, 1.54) is 18.8 Å². The molecule has 0 bridgehead atoms. The normalized spacial score (nSPS) is 21.6. The Balaban J connectivity index is 2.06. The van der Waals surface area contributed by atoms with Crippen LogP contribution >= 0.6 is 11.9 Å². The van der Waals surface area contributed by atoms with Gasteiger partial charge in [0.15, 0.2) is 0 Å². The van der Waals surface area contributed by atoms with Crippen LogP contribution in [0.4, 0.5) is 0 Å². The van der Waals surface area contributed by atoms with Crippen LogP contribution in [0.25, 0.3) is 0 Å². The number of hydrogen-bond acceptors (Lipinski definition) is 2. The largest absolute Gasteiger partial charge is 0.250 e. The molecule has 10 heavy (non-hydrogen) atoms. The molecule has 2 heteroatoms. The van der Waals surface area contributed by atoms with Crippen molar-refractivity contribution in [2.75, 3.05) is 18.8 Å². The van der Waals surface area contributed by atoms with E-state index in [1.54, 1.807) is 0 Å². The van der Waals surface area contributed by atoms with Crippen molar-refractivity contribution >= 4 is 11.9 Å². The van der Waals surface area contributed by atoms with Crippen LogP contribution in [0.15, 0.2) is 0 Å². The molecule has 0 aromatic carbocycles. The summed E-state index contributed by atoms with van der Waals surface area (Å²) in [5.74, 6) is 3.08. The van der Waals surface area contributed by atoms with Gasteiger partial charge in [-0.2, -0.15) is 0 Å². The van der Waals surface area contributed by atoms with Gasteiger partial charge >= 0.3 is 0 Å². The van der Waals surface area contributed by atoms with Crippen LogP contribution in [-0.4, -0.2) is 23.1 Å². The van der Waals surface area contributed by atoms with Gasteiger partial charge in [-0.3, -0.25) is 0 Å². The summed E-state index contributed by atoms with van der Waals surface area (Å²) in [6.45, 7) is 9.48. The van der Waals surface area contributed by atoms with Crippen LogP contribution in [0.2, 0.25) is 0 Å².